The van der Waals surface area contributed by atoms with Crippen molar-refractivity contribution < 1.29 is 18.3 Å². The van der Waals surface area contributed by atoms with Crippen LogP contribution in [0.2, 0.25) is 0 Å². The van der Waals surface area contributed by atoms with Crippen LogP contribution in [0.25, 0.3) is 0 Å². The molecule has 7 heteroatoms. The summed E-state index contributed by atoms with van der Waals surface area (Å²) in [6.07, 6.45) is 2.27. The lowest BCUT2D eigenvalue weighted by atomic mass is 9.67. The van der Waals surface area contributed by atoms with Gasteiger partial charge in [0.2, 0.25) is 0 Å². The monoisotopic (exact) mass is 383 g/mol. The van der Waals surface area contributed by atoms with E-state index in [1.807, 2.05) is 13.0 Å². The van der Waals surface area contributed by atoms with Crippen LogP contribution in [0.4, 0.5) is 8.78 Å². The summed E-state index contributed by atoms with van der Waals surface area (Å²) in [6, 6.07) is 7.13. The number of aliphatic imine (C=N–C) groups is 1. The molecular formula is C20H31F2N3O2. The summed E-state index contributed by atoms with van der Waals surface area (Å²) in [7, 11) is 1.74. The maximum absolute atomic E-state index is 12.3. The van der Waals surface area contributed by atoms with Gasteiger partial charge in [0.1, 0.15) is 12.4 Å². The summed E-state index contributed by atoms with van der Waals surface area (Å²) in [5.41, 5.74) is 1.21. The second-order valence-corrected chi connectivity index (χ2v) is 6.99. The summed E-state index contributed by atoms with van der Waals surface area (Å²) < 4.78 is 34.9. The Kier molecular flexibility index (Phi) is 8.78. The van der Waals surface area contributed by atoms with Gasteiger partial charge in [0.05, 0.1) is 6.54 Å². The second-order valence-electron chi connectivity index (χ2n) is 6.99. The van der Waals surface area contributed by atoms with Gasteiger partial charge in [0.25, 0.3) is 6.43 Å². The van der Waals surface area contributed by atoms with Crippen molar-refractivity contribution in [2.45, 2.75) is 45.6 Å². The Morgan fingerprint density at radius 2 is 2.11 bits per heavy atom. The first-order chi connectivity index (χ1) is 13.1. The Labute approximate surface area is 160 Å². The number of rotatable bonds is 11. The molecule has 0 spiro atoms. The zero-order valence-electron chi connectivity index (χ0n) is 16.3. The molecule has 0 bridgehead atoms. The molecule has 2 N–H and O–H groups in total. The number of guanidine groups is 1. The number of nitrogens with zero attached hydrogens (tertiary/aromatic N) is 1. The van der Waals surface area contributed by atoms with Crippen LogP contribution in [0.15, 0.2) is 29.3 Å². The Balaban J connectivity index is 1.91. The van der Waals surface area contributed by atoms with Crippen molar-refractivity contribution in [3.8, 4) is 5.75 Å². The average molecular weight is 383 g/mol. The number of benzene rings is 1. The fraction of sp³-hybridized carbons (Fsp3) is 0.650. The molecule has 1 fully saturated rings. The molecule has 2 rings (SSSR count). The number of hydrogen-bond donors (Lipinski definition) is 2. The minimum absolute atomic E-state index is 0.301. The summed E-state index contributed by atoms with van der Waals surface area (Å²) in [5.74, 6) is 1.20. The van der Waals surface area contributed by atoms with Crippen LogP contribution in [0.1, 0.15) is 38.2 Å². The third-order valence-electron chi connectivity index (χ3n) is 4.92. The molecule has 0 aromatic heterocycles. The van der Waals surface area contributed by atoms with E-state index in [2.05, 4.69) is 15.6 Å². The van der Waals surface area contributed by atoms with Gasteiger partial charge in [-0.25, -0.2) is 13.8 Å². The molecule has 0 atom stereocenters. The van der Waals surface area contributed by atoms with E-state index in [1.54, 1.807) is 25.3 Å². The van der Waals surface area contributed by atoms with Crippen molar-refractivity contribution in [2.75, 3.05) is 33.4 Å². The molecular weight excluding hydrogens is 352 g/mol. The lowest BCUT2D eigenvalue weighted by molar-refractivity contribution is 0.0732. The number of alkyl halides is 2. The second kappa shape index (κ2) is 11.1. The molecule has 0 aliphatic heterocycles. The Hall–Kier alpha value is -1.89. The number of ether oxygens (including phenoxy) is 2. The molecule has 1 saturated carbocycles. The van der Waals surface area contributed by atoms with Crippen LogP contribution in [0.5, 0.6) is 5.75 Å². The van der Waals surface area contributed by atoms with Crippen LogP contribution < -0.4 is 15.4 Å². The van der Waals surface area contributed by atoms with Crippen molar-refractivity contribution in [2.24, 2.45) is 10.4 Å². The predicted octanol–water partition coefficient (Wildman–Crippen LogP) is 3.59. The highest BCUT2D eigenvalue weighted by Gasteiger charge is 2.36. The van der Waals surface area contributed by atoms with Crippen molar-refractivity contribution in [1.82, 2.24) is 10.6 Å². The lowest BCUT2D eigenvalue weighted by Gasteiger charge is -2.42. The Morgan fingerprint density at radius 1 is 1.30 bits per heavy atom. The molecule has 0 radical (unpaired) electrons. The first-order valence-electron chi connectivity index (χ1n) is 9.58. The first-order valence-corrected chi connectivity index (χ1v) is 9.58. The molecule has 152 valence electrons. The Bertz CT molecular complexity index is 592. The van der Waals surface area contributed by atoms with Crippen LogP contribution in [-0.2, 0) is 11.3 Å². The largest absolute Gasteiger partial charge is 0.488 e. The molecule has 1 aliphatic rings. The fourth-order valence-corrected chi connectivity index (χ4v) is 3.19. The van der Waals surface area contributed by atoms with Crippen molar-refractivity contribution in [1.29, 1.82) is 0 Å². The van der Waals surface area contributed by atoms with Crippen LogP contribution in [0, 0.1) is 5.41 Å². The van der Waals surface area contributed by atoms with Crippen molar-refractivity contribution in [3.63, 3.8) is 0 Å². The van der Waals surface area contributed by atoms with Crippen molar-refractivity contribution >= 4 is 5.96 Å². The molecule has 0 saturated heterocycles. The Morgan fingerprint density at radius 3 is 2.74 bits per heavy atom. The summed E-state index contributed by atoms with van der Waals surface area (Å²) in [4.78, 5) is 4.62. The topological polar surface area (TPSA) is 54.9 Å². The van der Waals surface area contributed by atoms with E-state index in [0.717, 1.165) is 37.6 Å². The molecule has 27 heavy (non-hydrogen) atoms. The SMILES string of the molecule is CCNC(=NCc1cccc(OCC(F)F)c1)NCC1(CCOC)CCC1. The van der Waals surface area contributed by atoms with Gasteiger partial charge in [0, 0.05) is 26.8 Å². The van der Waals surface area contributed by atoms with E-state index in [1.165, 1.54) is 19.3 Å². The highest BCUT2D eigenvalue weighted by atomic mass is 19.3. The number of hydrogen-bond acceptors (Lipinski definition) is 3. The normalized spacial score (nSPS) is 16.1. The summed E-state index contributed by atoms with van der Waals surface area (Å²) >= 11 is 0. The van der Waals surface area contributed by atoms with Gasteiger partial charge in [0.15, 0.2) is 5.96 Å². The van der Waals surface area contributed by atoms with E-state index in [-0.39, 0.29) is 0 Å². The molecule has 1 aliphatic carbocycles. The zero-order chi connectivity index (χ0) is 19.5. The molecule has 0 amide bonds. The van der Waals surface area contributed by atoms with Crippen molar-refractivity contribution in [3.05, 3.63) is 29.8 Å². The van der Waals surface area contributed by atoms with E-state index in [4.69, 9.17) is 9.47 Å². The minimum atomic E-state index is -2.48. The molecule has 5 nitrogen and oxygen atoms in total. The fourth-order valence-electron chi connectivity index (χ4n) is 3.19. The van der Waals surface area contributed by atoms with Gasteiger partial charge in [-0.1, -0.05) is 18.6 Å². The third-order valence-corrected chi connectivity index (χ3v) is 4.92. The number of halogens is 2. The lowest BCUT2D eigenvalue weighted by Crippen LogP contribution is -2.46. The van der Waals surface area contributed by atoms with E-state index >= 15 is 0 Å². The highest BCUT2D eigenvalue weighted by molar-refractivity contribution is 5.79. The van der Waals surface area contributed by atoms with Crippen LogP contribution >= 0.6 is 0 Å². The van der Waals surface area contributed by atoms with Gasteiger partial charge in [-0.2, -0.15) is 0 Å². The first kappa shape index (κ1) is 21.4. The van der Waals surface area contributed by atoms with E-state index in [9.17, 15) is 8.78 Å². The quantitative estimate of drug-likeness (QED) is 0.453. The molecule has 1 aromatic carbocycles. The van der Waals surface area contributed by atoms with Gasteiger partial charge >= 0.3 is 0 Å². The summed E-state index contributed by atoms with van der Waals surface area (Å²) in [5, 5.41) is 6.71. The maximum Gasteiger partial charge on any atom is 0.272 e. The van der Waals surface area contributed by atoms with Gasteiger partial charge < -0.3 is 20.1 Å². The molecule has 0 unspecified atom stereocenters. The third kappa shape index (κ3) is 7.33. The molecule has 0 heterocycles. The predicted molar refractivity (Wildman–Crippen MR) is 104 cm³/mol. The van der Waals surface area contributed by atoms with Gasteiger partial charge in [-0.3, -0.25) is 0 Å². The summed E-state index contributed by atoms with van der Waals surface area (Å²) in [6.45, 7) is 4.31. The van der Waals surface area contributed by atoms with Crippen LogP contribution in [-0.4, -0.2) is 45.8 Å². The minimum Gasteiger partial charge on any atom is -0.488 e. The number of methoxy groups -OCH3 is 1. The molecule has 1 aromatic rings. The van der Waals surface area contributed by atoms with Gasteiger partial charge in [-0.15, -0.1) is 0 Å². The van der Waals surface area contributed by atoms with Gasteiger partial charge in [-0.05, 0) is 49.3 Å². The zero-order valence-corrected chi connectivity index (χ0v) is 16.3. The average Bonchev–Trinajstić information content (AvgIpc) is 2.63. The van der Waals surface area contributed by atoms with Crippen LogP contribution in [0.3, 0.4) is 0 Å². The van der Waals surface area contributed by atoms with E-state index < -0.39 is 13.0 Å². The number of nitrogens with one attached hydrogen (secondary N) is 2. The van der Waals surface area contributed by atoms with E-state index in [0.29, 0.717) is 17.7 Å². The highest BCUT2D eigenvalue weighted by Crippen LogP contribution is 2.43. The smallest absolute Gasteiger partial charge is 0.272 e. The standard InChI is InChI=1S/C20H31F2N3O2/c1-3-23-19(25-15-20(8-5-9-20)10-11-26-2)24-13-16-6-4-7-17(12-16)27-14-18(21)22/h4,6-7,12,18H,3,5,8-11,13-15H2,1-2H3,(H2,23,24,25). The maximum atomic E-state index is 12.3.